The van der Waals surface area contributed by atoms with Gasteiger partial charge in [-0.1, -0.05) is 20.8 Å². The van der Waals surface area contributed by atoms with Crippen LogP contribution >= 0.6 is 7.94 Å². The molecule has 0 saturated heterocycles. The molecule has 3 heterocycles. The van der Waals surface area contributed by atoms with Crippen molar-refractivity contribution in [1.82, 2.24) is 28.7 Å². The second-order valence-electron chi connectivity index (χ2n) is 7.08. The van der Waals surface area contributed by atoms with Gasteiger partial charge in [0.2, 0.25) is 0 Å². The smallest absolute Gasteiger partial charge is 0.108 e. The molecule has 33 heavy (non-hydrogen) atoms. The summed E-state index contributed by atoms with van der Waals surface area (Å²) >= 11 is 0. The minimum Gasteiger partial charge on any atom is -0.335 e. The van der Waals surface area contributed by atoms with Gasteiger partial charge in [-0.2, -0.15) is 0 Å². The van der Waals surface area contributed by atoms with E-state index in [1.54, 1.807) is 0 Å². The Balaban J connectivity index is 0.000000419. The molecule has 0 atom stereocenters. The van der Waals surface area contributed by atoms with Gasteiger partial charge in [0.25, 0.3) is 0 Å². The molecular weight excluding hydrogens is 439 g/mol. The van der Waals surface area contributed by atoms with Crippen LogP contribution < -0.4 is 0 Å². The van der Waals surface area contributed by atoms with Gasteiger partial charge in [0.1, 0.15) is 17.5 Å². The quantitative estimate of drug-likeness (QED) is 0.439. The van der Waals surface area contributed by atoms with Gasteiger partial charge in [-0.05, 0) is 20.8 Å². The fraction of sp³-hybridized carbons (Fsp3) is 0.609. The normalized spacial score (nSPS) is 10.8. The van der Waals surface area contributed by atoms with E-state index in [9.17, 15) is 0 Å². The van der Waals surface area contributed by atoms with Crippen LogP contribution in [0.4, 0.5) is 0 Å². The van der Waals surface area contributed by atoms with Crippen LogP contribution in [-0.4, -0.2) is 49.5 Å². The summed E-state index contributed by atoms with van der Waals surface area (Å²) in [5.41, 5.74) is 0. The van der Waals surface area contributed by atoms with E-state index in [2.05, 4.69) is 70.2 Å². The summed E-state index contributed by atoms with van der Waals surface area (Å²) in [5.74, 6) is 3.53. The van der Waals surface area contributed by atoms with Crippen molar-refractivity contribution >= 4 is 7.94 Å². The summed E-state index contributed by atoms with van der Waals surface area (Å²) in [7, 11) is -3.63. The van der Waals surface area contributed by atoms with Crippen molar-refractivity contribution in [3.05, 3.63) is 54.7 Å². The van der Waals surface area contributed by atoms with Crippen molar-refractivity contribution in [3.8, 4) is 0 Å². The average Bonchev–Trinajstić information content (AvgIpc) is 3.58. The molecule has 9 nitrogen and oxygen atoms in total. The fourth-order valence-corrected chi connectivity index (χ4v) is 2.83. The molecule has 0 spiro atoms. The van der Waals surface area contributed by atoms with E-state index in [-0.39, 0.29) is 6.16 Å². The van der Waals surface area contributed by atoms with Crippen LogP contribution in [0.3, 0.4) is 0 Å². The Morgan fingerprint density at radius 2 is 0.818 bits per heavy atom. The maximum absolute atomic E-state index is 8.08. The molecule has 0 saturated carbocycles. The van der Waals surface area contributed by atoms with Crippen LogP contribution in [0.5, 0.6) is 0 Å². The summed E-state index contributed by atoms with van der Waals surface area (Å²) in [4.78, 5) is 36.7. The minimum atomic E-state index is -3.63. The maximum atomic E-state index is 8.08. The maximum Gasteiger partial charge on any atom is 0.108 e. The van der Waals surface area contributed by atoms with Gasteiger partial charge in [-0.25, -0.2) is 15.0 Å². The molecule has 0 bridgehead atoms. The first-order valence-electron chi connectivity index (χ1n) is 11.9. The van der Waals surface area contributed by atoms with Gasteiger partial charge in [0, 0.05) is 76.1 Å². The number of aryl methyl sites for hydroxylation is 6. The molecule has 3 aromatic heterocycles. The first kappa shape index (κ1) is 30.9. The van der Waals surface area contributed by atoms with E-state index in [0.717, 1.165) is 38.9 Å². The largest absolute Gasteiger partial charge is 0.335 e. The topological polar surface area (TPSA) is 114 Å². The summed E-state index contributed by atoms with van der Waals surface area (Å²) in [5, 5.41) is 0. The molecule has 190 valence electrons. The molecule has 0 aliphatic rings. The van der Waals surface area contributed by atoms with Crippen molar-refractivity contribution in [3.63, 3.8) is 0 Å². The second kappa shape index (κ2) is 17.4. The van der Waals surface area contributed by atoms with E-state index in [0.29, 0.717) is 0 Å². The molecule has 0 fully saturated rings. The predicted molar refractivity (Wildman–Crippen MR) is 137 cm³/mol. The Morgan fingerprint density at radius 3 is 0.939 bits per heavy atom. The Morgan fingerprint density at radius 1 is 0.576 bits per heavy atom. The van der Waals surface area contributed by atoms with Crippen molar-refractivity contribution in [1.29, 1.82) is 0 Å². The molecule has 3 N–H and O–H groups in total. The number of aromatic nitrogens is 6. The van der Waals surface area contributed by atoms with Gasteiger partial charge < -0.3 is 13.7 Å². The number of hydrogen-bond donors (Lipinski definition) is 3. The molecule has 0 amide bonds. The monoisotopic (exact) mass is 484 g/mol. The summed E-state index contributed by atoms with van der Waals surface area (Å²) < 4.78 is 6.46. The fourth-order valence-electron chi connectivity index (χ4n) is 2.83. The third-order valence-corrected chi connectivity index (χ3v) is 5.80. The number of hydrogen-bond acceptors (Lipinski definition) is 6. The number of rotatable bonds is 7. The molecule has 0 aliphatic heterocycles. The molecule has 3 rings (SSSR count). The molecule has 0 unspecified atom stereocenters. The molecule has 0 radical (unpaired) electrons. The molecule has 0 aromatic carbocycles. The Hall–Kier alpha value is -2.06. The zero-order chi connectivity index (χ0) is 25.3. The van der Waals surface area contributed by atoms with E-state index >= 15 is 0 Å². The van der Waals surface area contributed by atoms with Crippen molar-refractivity contribution < 1.29 is 14.7 Å². The summed E-state index contributed by atoms with van der Waals surface area (Å²) in [6.45, 7) is 17.3. The van der Waals surface area contributed by atoms with Crippen LogP contribution in [0.25, 0.3) is 0 Å². The van der Waals surface area contributed by atoms with E-state index in [1.807, 2.05) is 37.2 Å². The van der Waals surface area contributed by atoms with E-state index in [4.69, 9.17) is 14.7 Å². The van der Waals surface area contributed by atoms with Gasteiger partial charge in [-0.15, -0.1) is 0 Å². The average molecular weight is 485 g/mol. The number of nitrogens with zero attached hydrogens (tertiary/aromatic N) is 6. The zero-order valence-electron chi connectivity index (χ0n) is 21.4. The third-order valence-electron chi connectivity index (χ3n) is 4.85. The SMILES string of the molecule is CC[PH](O)(O)O.CCc1nccn1CC.CCc1nccn1CC.CCc1nccn1CC. The van der Waals surface area contributed by atoms with Gasteiger partial charge in [-0.3, -0.25) is 0 Å². The second-order valence-corrected chi connectivity index (χ2v) is 9.33. The molecule has 10 heteroatoms. The van der Waals surface area contributed by atoms with Crippen molar-refractivity contribution in [2.24, 2.45) is 0 Å². The van der Waals surface area contributed by atoms with Crippen LogP contribution in [0, 0.1) is 0 Å². The van der Waals surface area contributed by atoms with E-state index in [1.165, 1.54) is 24.4 Å². The van der Waals surface area contributed by atoms with Crippen molar-refractivity contribution in [2.75, 3.05) is 6.16 Å². The standard InChI is InChI=1S/3C7H12N2.C2H9O3P/c3*1-3-7-8-5-6-9(7)4-2;1-2-6(3,4)5/h3*5-6H,3-4H2,1-2H3;3-6H,2H2,1H3. The summed E-state index contributed by atoms with van der Waals surface area (Å²) in [6, 6.07) is 0. The number of imidazole rings is 3. The minimum absolute atomic E-state index is 0.0764. The summed E-state index contributed by atoms with van der Waals surface area (Å²) in [6.07, 6.45) is 14.7. The Bertz CT molecular complexity index is 698. The van der Waals surface area contributed by atoms with Gasteiger partial charge in [0.05, 0.1) is 0 Å². The first-order valence-corrected chi connectivity index (χ1v) is 13.9. The van der Waals surface area contributed by atoms with Crippen LogP contribution in [0.15, 0.2) is 37.2 Å². The molecule has 0 aliphatic carbocycles. The van der Waals surface area contributed by atoms with Crippen LogP contribution in [0.1, 0.15) is 65.9 Å². The van der Waals surface area contributed by atoms with Crippen LogP contribution in [0.2, 0.25) is 0 Å². The Labute approximate surface area is 199 Å². The zero-order valence-corrected chi connectivity index (χ0v) is 22.4. The molecule has 3 aromatic rings. The first-order chi connectivity index (χ1) is 15.7. The van der Waals surface area contributed by atoms with Gasteiger partial charge in [0.15, 0.2) is 0 Å². The van der Waals surface area contributed by atoms with Gasteiger partial charge >= 0.3 is 35.7 Å². The molecular formula is C23H45N6O3P. The van der Waals surface area contributed by atoms with Crippen molar-refractivity contribution in [2.45, 2.75) is 87.4 Å². The van der Waals surface area contributed by atoms with Crippen LogP contribution in [-0.2, 0) is 38.9 Å². The van der Waals surface area contributed by atoms with E-state index < -0.39 is 7.94 Å². The predicted octanol–water partition coefficient (Wildman–Crippen LogP) is 3.87. The third kappa shape index (κ3) is 12.7. The Kier molecular flexibility index (Phi) is 16.3.